The summed E-state index contributed by atoms with van der Waals surface area (Å²) in [5, 5.41) is 0. The lowest BCUT2D eigenvalue weighted by Crippen LogP contribution is -2.47. The number of carbonyl (C=O) groups is 1. The minimum Gasteiger partial charge on any atom is -0.299 e. The van der Waals surface area contributed by atoms with Gasteiger partial charge in [0.25, 0.3) is 5.91 Å². The summed E-state index contributed by atoms with van der Waals surface area (Å²) in [5.74, 6) is 1.39. The lowest BCUT2D eigenvalue weighted by Gasteiger charge is -2.27. The van der Waals surface area contributed by atoms with Crippen molar-refractivity contribution < 1.29 is 13.2 Å². The van der Waals surface area contributed by atoms with Gasteiger partial charge in [0, 0.05) is 32.0 Å². The molecule has 1 spiro atoms. The largest absolute Gasteiger partial charge is 0.299 e. The van der Waals surface area contributed by atoms with Crippen LogP contribution in [0.2, 0.25) is 0 Å². The molecular weight excluding hydrogens is 302 g/mol. The molecule has 2 heterocycles. The number of aliphatic imine (C=N–C) groups is 1. The highest BCUT2D eigenvalue weighted by Crippen LogP contribution is 2.50. The van der Waals surface area contributed by atoms with Gasteiger partial charge in [0.05, 0.1) is 5.75 Å². The Morgan fingerprint density at radius 3 is 2.55 bits per heavy atom. The molecule has 2 fully saturated rings. The zero-order chi connectivity index (χ0) is 16.1. The third kappa shape index (κ3) is 2.05. The van der Waals surface area contributed by atoms with Crippen molar-refractivity contribution in [2.45, 2.75) is 45.6 Å². The summed E-state index contributed by atoms with van der Waals surface area (Å²) in [6.07, 6.45) is 2.40. The highest BCUT2D eigenvalue weighted by atomic mass is 32.2. The zero-order valence-electron chi connectivity index (χ0n) is 13.6. The van der Waals surface area contributed by atoms with Crippen molar-refractivity contribution >= 4 is 21.8 Å². The molecule has 0 N–H and O–H groups in total. The van der Waals surface area contributed by atoms with Crippen LogP contribution in [0.5, 0.6) is 0 Å². The van der Waals surface area contributed by atoms with E-state index in [1.54, 1.807) is 16.1 Å². The quantitative estimate of drug-likeness (QED) is 0.776. The Balaban J connectivity index is 1.92. The molecule has 6 nitrogen and oxygen atoms in total. The Morgan fingerprint density at radius 2 is 2.00 bits per heavy atom. The van der Waals surface area contributed by atoms with Gasteiger partial charge in [-0.25, -0.2) is 12.7 Å². The first kappa shape index (κ1) is 15.9. The molecule has 0 aromatic heterocycles. The van der Waals surface area contributed by atoms with E-state index in [9.17, 15) is 13.2 Å². The molecule has 1 amide bonds. The molecule has 7 heteroatoms. The second kappa shape index (κ2) is 5.30. The summed E-state index contributed by atoms with van der Waals surface area (Å²) >= 11 is 0. The predicted molar refractivity (Wildman–Crippen MR) is 85.1 cm³/mol. The number of amides is 1. The third-order valence-corrected chi connectivity index (χ3v) is 7.38. The van der Waals surface area contributed by atoms with Crippen molar-refractivity contribution in [2.24, 2.45) is 16.8 Å². The minimum atomic E-state index is -3.18. The molecule has 1 saturated carbocycles. The zero-order valence-corrected chi connectivity index (χ0v) is 14.4. The summed E-state index contributed by atoms with van der Waals surface area (Å²) in [6.45, 7) is 7.30. The maximum atomic E-state index is 12.9. The highest BCUT2D eigenvalue weighted by molar-refractivity contribution is 7.89. The molecule has 3 aliphatic rings. The monoisotopic (exact) mass is 327 g/mol. The Kier molecular flexibility index (Phi) is 3.84. The van der Waals surface area contributed by atoms with Crippen LogP contribution >= 0.6 is 0 Å². The van der Waals surface area contributed by atoms with E-state index in [-0.39, 0.29) is 23.5 Å². The van der Waals surface area contributed by atoms with Crippen LogP contribution < -0.4 is 0 Å². The van der Waals surface area contributed by atoms with E-state index in [1.165, 1.54) is 0 Å². The summed E-state index contributed by atoms with van der Waals surface area (Å²) < 4.78 is 25.9. The van der Waals surface area contributed by atoms with E-state index in [2.05, 4.69) is 0 Å². The fourth-order valence-electron chi connectivity index (χ4n) is 4.36. The van der Waals surface area contributed by atoms with Gasteiger partial charge in [0.1, 0.15) is 11.4 Å². The first-order valence-electron chi connectivity index (χ1n) is 8.28. The Morgan fingerprint density at radius 1 is 1.27 bits per heavy atom. The molecule has 1 saturated heterocycles. The van der Waals surface area contributed by atoms with E-state index in [0.717, 1.165) is 25.1 Å². The van der Waals surface area contributed by atoms with E-state index < -0.39 is 15.6 Å². The standard InChI is InChI=1S/C15H25N3O3S/c1-4-13-16-15(14(19)18(13)5-2)8-7-11-9-17(10-12(11)15)22(20,21)6-3/h11-12H,4-10H2,1-3H3/t11-,12+,15-/m1/s1. The topological polar surface area (TPSA) is 70.0 Å². The first-order valence-corrected chi connectivity index (χ1v) is 9.89. The Labute approximate surface area is 132 Å². The lowest BCUT2D eigenvalue weighted by atomic mass is 9.85. The van der Waals surface area contributed by atoms with E-state index in [4.69, 9.17) is 4.99 Å². The van der Waals surface area contributed by atoms with Gasteiger partial charge in [-0.05, 0) is 32.6 Å². The number of rotatable bonds is 4. The maximum absolute atomic E-state index is 12.9. The predicted octanol–water partition coefficient (Wildman–Crippen LogP) is 1.09. The van der Waals surface area contributed by atoms with Crippen molar-refractivity contribution in [3.63, 3.8) is 0 Å². The van der Waals surface area contributed by atoms with E-state index >= 15 is 0 Å². The molecule has 0 unspecified atom stereocenters. The molecule has 3 atom stereocenters. The van der Waals surface area contributed by atoms with Gasteiger partial charge in [-0.3, -0.25) is 14.7 Å². The van der Waals surface area contributed by atoms with Crippen LogP contribution in [-0.2, 0) is 14.8 Å². The van der Waals surface area contributed by atoms with Crippen molar-refractivity contribution in [2.75, 3.05) is 25.4 Å². The highest BCUT2D eigenvalue weighted by Gasteiger charge is 2.61. The SMILES string of the molecule is CCC1=N[C@@]2(CC[C@@H]3CN(S(=O)(=O)CC)C[C@@H]32)C(=O)N1CC. The molecule has 22 heavy (non-hydrogen) atoms. The smallest absolute Gasteiger partial charge is 0.256 e. The van der Waals surface area contributed by atoms with E-state index in [0.29, 0.717) is 19.6 Å². The minimum absolute atomic E-state index is 0.0411. The van der Waals surface area contributed by atoms with E-state index in [1.807, 2.05) is 13.8 Å². The van der Waals surface area contributed by atoms with Gasteiger partial charge < -0.3 is 0 Å². The molecule has 124 valence electrons. The van der Waals surface area contributed by atoms with Gasteiger partial charge in [-0.1, -0.05) is 6.92 Å². The van der Waals surface area contributed by atoms with Gasteiger partial charge in [-0.2, -0.15) is 0 Å². The molecule has 2 aliphatic heterocycles. The molecular formula is C15H25N3O3S. The summed E-state index contributed by atoms with van der Waals surface area (Å²) in [7, 11) is -3.18. The van der Waals surface area contributed by atoms with Crippen molar-refractivity contribution in [3.8, 4) is 0 Å². The van der Waals surface area contributed by atoms with Gasteiger partial charge in [0.15, 0.2) is 0 Å². The van der Waals surface area contributed by atoms with Gasteiger partial charge >= 0.3 is 0 Å². The normalized spacial score (nSPS) is 35.5. The Hall–Kier alpha value is -0.950. The number of hydrogen-bond acceptors (Lipinski definition) is 4. The third-order valence-electron chi connectivity index (χ3n) is 5.56. The van der Waals surface area contributed by atoms with Crippen LogP contribution in [0.1, 0.15) is 40.0 Å². The van der Waals surface area contributed by atoms with Crippen LogP contribution in [-0.4, -0.2) is 60.3 Å². The fraction of sp³-hybridized carbons (Fsp3) is 0.867. The second-order valence-corrected chi connectivity index (χ2v) is 8.74. The number of amidine groups is 1. The number of likely N-dealkylation sites (N-methyl/N-ethyl adjacent to an activating group) is 1. The molecule has 0 aromatic carbocycles. The molecule has 0 bridgehead atoms. The van der Waals surface area contributed by atoms with Gasteiger partial charge in [0.2, 0.25) is 10.0 Å². The number of sulfonamides is 1. The molecule has 0 radical (unpaired) electrons. The van der Waals surface area contributed by atoms with Crippen molar-refractivity contribution in [3.05, 3.63) is 0 Å². The molecule has 3 rings (SSSR count). The van der Waals surface area contributed by atoms with Crippen LogP contribution in [0.3, 0.4) is 0 Å². The summed E-state index contributed by atoms with van der Waals surface area (Å²) in [5.41, 5.74) is -0.690. The number of nitrogens with zero attached hydrogens (tertiary/aromatic N) is 3. The molecule has 0 aromatic rings. The lowest BCUT2D eigenvalue weighted by molar-refractivity contribution is -0.132. The summed E-state index contributed by atoms with van der Waals surface area (Å²) in [6, 6.07) is 0. The summed E-state index contributed by atoms with van der Waals surface area (Å²) in [4.78, 5) is 19.6. The van der Waals surface area contributed by atoms with Crippen LogP contribution in [0.15, 0.2) is 4.99 Å². The van der Waals surface area contributed by atoms with Crippen LogP contribution in [0.25, 0.3) is 0 Å². The average molecular weight is 327 g/mol. The second-order valence-electron chi connectivity index (χ2n) is 6.48. The van der Waals surface area contributed by atoms with Crippen LogP contribution in [0, 0.1) is 11.8 Å². The first-order chi connectivity index (χ1) is 10.4. The fourth-order valence-corrected chi connectivity index (χ4v) is 5.53. The number of fused-ring (bicyclic) bond motifs is 2. The van der Waals surface area contributed by atoms with Crippen molar-refractivity contribution in [1.29, 1.82) is 0 Å². The number of carbonyl (C=O) groups excluding carboxylic acids is 1. The average Bonchev–Trinajstić information content (AvgIpc) is 3.14. The van der Waals surface area contributed by atoms with Gasteiger partial charge in [-0.15, -0.1) is 0 Å². The van der Waals surface area contributed by atoms with Crippen LogP contribution in [0.4, 0.5) is 0 Å². The van der Waals surface area contributed by atoms with Crippen molar-refractivity contribution in [1.82, 2.24) is 9.21 Å². The molecule has 1 aliphatic carbocycles. The number of hydrogen-bond donors (Lipinski definition) is 0. The maximum Gasteiger partial charge on any atom is 0.256 e. The Bertz CT molecular complexity index is 616.